The number of nitrogens with zero attached hydrogens (tertiary/aromatic N) is 1. The van der Waals surface area contributed by atoms with E-state index in [9.17, 15) is 18.0 Å². The summed E-state index contributed by atoms with van der Waals surface area (Å²) in [5.74, 6) is -1.95. The largest absolute Gasteiger partial charge is 0.480 e. The Kier molecular flexibility index (Phi) is 6.50. The monoisotopic (exact) mass is 356 g/mol. The van der Waals surface area contributed by atoms with Gasteiger partial charge in [0.1, 0.15) is 6.04 Å². The fraction of sp³-hybridized carbons (Fsp3) is 0.500. The molecule has 2 N–H and O–H groups in total. The summed E-state index contributed by atoms with van der Waals surface area (Å²) in [5.41, 5.74) is 0.202. The number of aliphatic carboxylic acids is 1. The van der Waals surface area contributed by atoms with Gasteiger partial charge < -0.3 is 10.4 Å². The average Bonchev–Trinajstić information content (AvgIpc) is 2.50. The molecule has 8 heteroatoms. The summed E-state index contributed by atoms with van der Waals surface area (Å²) in [6, 6.07) is 4.22. The van der Waals surface area contributed by atoms with Crippen molar-refractivity contribution >= 4 is 21.9 Å². The third-order valence-electron chi connectivity index (χ3n) is 3.74. The van der Waals surface area contributed by atoms with Crippen molar-refractivity contribution in [3.05, 3.63) is 29.8 Å². The highest BCUT2D eigenvalue weighted by molar-refractivity contribution is 7.89. The van der Waals surface area contributed by atoms with E-state index >= 15 is 0 Å². The molecule has 0 saturated heterocycles. The molecule has 0 aliphatic carbocycles. The minimum Gasteiger partial charge on any atom is -0.480 e. The second-order valence-corrected chi connectivity index (χ2v) is 8.17. The van der Waals surface area contributed by atoms with Crippen molar-refractivity contribution in [1.29, 1.82) is 0 Å². The highest BCUT2D eigenvalue weighted by Gasteiger charge is 2.25. The van der Waals surface area contributed by atoms with Gasteiger partial charge in [0.05, 0.1) is 4.90 Å². The van der Waals surface area contributed by atoms with Gasteiger partial charge in [-0.3, -0.25) is 4.79 Å². The molecular formula is C16H24N2O5S. The first-order valence-corrected chi connectivity index (χ1v) is 9.04. The molecule has 24 heavy (non-hydrogen) atoms. The van der Waals surface area contributed by atoms with Crippen LogP contribution in [0.4, 0.5) is 0 Å². The van der Waals surface area contributed by atoms with E-state index in [1.54, 1.807) is 27.7 Å². The van der Waals surface area contributed by atoms with E-state index in [4.69, 9.17) is 5.11 Å². The first kappa shape index (κ1) is 20.1. The summed E-state index contributed by atoms with van der Waals surface area (Å²) in [6.07, 6.45) is 0. The van der Waals surface area contributed by atoms with Gasteiger partial charge in [-0.2, -0.15) is 4.31 Å². The van der Waals surface area contributed by atoms with Crippen molar-refractivity contribution in [3.63, 3.8) is 0 Å². The lowest BCUT2D eigenvalue weighted by molar-refractivity contribution is -0.140. The quantitative estimate of drug-likeness (QED) is 0.771. The number of hydrogen-bond donors (Lipinski definition) is 2. The number of carboxylic acids is 1. The molecule has 1 aromatic rings. The number of amides is 1. The lowest BCUT2D eigenvalue weighted by Crippen LogP contribution is -2.44. The van der Waals surface area contributed by atoms with Gasteiger partial charge in [-0.1, -0.05) is 13.8 Å². The first-order valence-electron chi connectivity index (χ1n) is 7.60. The Morgan fingerprint density at radius 1 is 1.08 bits per heavy atom. The molecule has 0 aliphatic rings. The standard InChI is InChI=1S/C16H24N2O5S/c1-10(2)14(16(20)21)17-15(19)12-6-8-13(9-7-12)24(22,23)18(5)11(3)4/h6-11,14H,1-5H3,(H,17,19)(H,20,21). The van der Waals surface area contributed by atoms with Crippen LogP contribution in [-0.4, -0.2) is 48.8 Å². The molecule has 0 heterocycles. The van der Waals surface area contributed by atoms with Crippen LogP contribution in [0.25, 0.3) is 0 Å². The lowest BCUT2D eigenvalue weighted by Gasteiger charge is -2.21. The van der Waals surface area contributed by atoms with Crippen LogP contribution in [0.5, 0.6) is 0 Å². The summed E-state index contributed by atoms with van der Waals surface area (Å²) in [4.78, 5) is 23.3. The Morgan fingerprint density at radius 3 is 1.96 bits per heavy atom. The van der Waals surface area contributed by atoms with E-state index in [0.29, 0.717) is 0 Å². The highest BCUT2D eigenvalue weighted by Crippen LogP contribution is 2.17. The summed E-state index contributed by atoms with van der Waals surface area (Å²) >= 11 is 0. The average molecular weight is 356 g/mol. The Hall–Kier alpha value is -1.93. The zero-order chi connectivity index (χ0) is 18.7. The second kappa shape index (κ2) is 7.76. The maximum atomic E-state index is 12.4. The number of sulfonamides is 1. The Bertz CT molecular complexity index is 696. The molecule has 134 valence electrons. The van der Waals surface area contributed by atoms with Gasteiger partial charge >= 0.3 is 5.97 Å². The number of carboxylic acid groups (broad SMARTS) is 1. The van der Waals surface area contributed by atoms with Crippen molar-refractivity contribution in [1.82, 2.24) is 9.62 Å². The van der Waals surface area contributed by atoms with Gasteiger partial charge in [-0.15, -0.1) is 0 Å². The van der Waals surface area contributed by atoms with Crippen LogP contribution < -0.4 is 5.32 Å². The Labute approximate surface area is 142 Å². The van der Waals surface area contributed by atoms with Crippen LogP contribution in [0.15, 0.2) is 29.2 Å². The molecule has 0 fully saturated rings. The summed E-state index contributed by atoms with van der Waals surface area (Å²) in [7, 11) is -2.14. The molecule has 0 aliphatic heterocycles. The van der Waals surface area contributed by atoms with Crippen LogP contribution in [0.2, 0.25) is 0 Å². The zero-order valence-corrected chi connectivity index (χ0v) is 15.3. The van der Waals surface area contributed by atoms with Gasteiger partial charge in [-0.05, 0) is 44.0 Å². The number of rotatable bonds is 7. The minimum atomic E-state index is -3.62. The number of hydrogen-bond acceptors (Lipinski definition) is 4. The van der Waals surface area contributed by atoms with Crippen LogP contribution in [-0.2, 0) is 14.8 Å². The molecule has 7 nitrogen and oxygen atoms in total. The third-order valence-corrected chi connectivity index (χ3v) is 5.79. The molecule has 1 rings (SSSR count). The first-order chi connectivity index (χ1) is 11.0. The smallest absolute Gasteiger partial charge is 0.326 e. The maximum Gasteiger partial charge on any atom is 0.326 e. The normalized spacial score (nSPS) is 13.3. The van der Waals surface area contributed by atoms with E-state index in [-0.39, 0.29) is 22.4 Å². The van der Waals surface area contributed by atoms with Crippen LogP contribution in [0.1, 0.15) is 38.1 Å². The molecule has 0 aromatic heterocycles. The van der Waals surface area contributed by atoms with E-state index in [1.165, 1.54) is 35.6 Å². The second-order valence-electron chi connectivity index (χ2n) is 6.17. The van der Waals surface area contributed by atoms with Crippen LogP contribution >= 0.6 is 0 Å². The van der Waals surface area contributed by atoms with Crippen molar-refractivity contribution in [2.45, 2.75) is 44.7 Å². The van der Waals surface area contributed by atoms with Crippen molar-refractivity contribution < 1.29 is 23.1 Å². The fourth-order valence-electron chi connectivity index (χ4n) is 1.96. The number of carbonyl (C=O) groups is 2. The third kappa shape index (κ3) is 4.55. The van der Waals surface area contributed by atoms with Gasteiger partial charge in [0.25, 0.3) is 5.91 Å². The van der Waals surface area contributed by atoms with Gasteiger partial charge in [-0.25, -0.2) is 13.2 Å². The van der Waals surface area contributed by atoms with E-state index in [2.05, 4.69) is 5.32 Å². The molecule has 0 spiro atoms. The molecule has 1 unspecified atom stereocenters. The van der Waals surface area contributed by atoms with Gasteiger partial charge in [0.15, 0.2) is 0 Å². The molecule has 1 atom stereocenters. The predicted octanol–water partition coefficient (Wildman–Crippen LogP) is 1.55. The Balaban J connectivity index is 2.99. The predicted molar refractivity (Wildman–Crippen MR) is 90.3 cm³/mol. The Morgan fingerprint density at radius 2 is 1.58 bits per heavy atom. The van der Waals surface area contributed by atoms with E-state index in [1.807, 2.05) is 0 Å². The molecule has 1 aromatic carbocycles. The highest BCUT2D eigenvalue weighted by atomic mass is 32.2. The summed E-state index contributed by atoms with van der Waals surface area (Å²) in [6.45, 7) is 6.90. The molecule has 0 saturated carbocycles. The lowest BCUT2D eigenvalue weighted by atomic mass is 10.0. The van der Waals surface area contributed by atoms with Gasteiger partial charge in [0.2, 0.25) is 10.0 Å². The summed E-state index contributed by atoms with van der Waals surface area (Å²) in [5, 5.41) is 11.5. The van der Waals surface area contributed by atoms with Gasteiger partial charge in [0, 0.05) is 18.7 Å². The van der Waals surface area contributed by atoms with Crippen LogP contribution in [0, 0.1) is 5.92 Å². The molecule has 0 bridgehead atoms. The maximum absolute atomic E-state index is 12.4. The molecular weight excluding hydrogens is 332 g/mol. The minimum absolute atomic E-state index is 0.0777. The SMILES string of the molecule is CC(C)C(NC(=O)c1ccc(S(=O)(=O)N(C)C(C)C)cc1)C(=O)O. The summed E-state index contributed by atoms with van der Waals surface area (Å²) < 4.78 is 26.0. The van der Waals surface area contributed by atoms with E-state index < -0.39 is 27.9 Å². The number of carbonyl (C=O) groups excluding carboxylic acids is 1. The fourth-order valence-corrected chi connectivity index (χ4v) is 3.33. The molecule has 1 amide bonds. The van der Waals surface area contributed by atoms with Crippen molar-refractivity contribution in [2.75, 3.05) is 7.05 Å². The zero-order valence-electron chi connectivity index (χ0n) is 14.5. The number of nitrogens with one attached hydrogen (secondary N) is 1. The molecule has 0 radical (unpaired) electrons. The number of benzene rings is 1. The topological polar surface area (TPSA) is 104 Å². The van der Waals surface area contributed by atoms with Crippen LogP contribution in [0.3, 0.4) is 0 Å². The van der Waals surface area contributed by atoms with E-state index in [0.717, 1.165) is 0 Å². The van der Waals surface area contributed by atoms with Crippen molar-refractivity contribution in [2.24, 2.45) is 5.92 Å². The van der Waals surface area contributed by atoms with Crippen molar-refractivity contribution in [3.8, 4) is 0 Å².